The summed E-state index contributed by atoms with van der Waals surface area (Å²) in [5.41, 5.74) is 0.773. The maximum atomic E-state index is 11.7. The highest BCUT2D eigenvalue weighted by Gasteiger charge is 2.22. The second-order valence-corrected chi connectivity index (χ2v) is 5.09. The predicted octanol–water partition coefficient (Wildman–Crippen LogP) is 2.94. The topological polar surface area (TPSA) is 107 Å². The van der Waals surface area contributed by atoms with Crippen LogP contribution in [0.15, 0.2) is 11.6 Å². The number of carbonyl (C=O) groups excluding carboxylic acids is 1. The van der Waals surface area contributed by atoms with Crippen LogP contribution in [0.1, 0.15) is 15.2 Å². The number of methoxy groups -OCH3 is 1. The second-order valence-electron chi connectivity index (χ2n) is 3.87. The molecule has 0 aromatic carbocycles. The van der Waals surface area contributed by atoms with Crippen molar-refractivity contribution in [3.05, 3.63) is 37.4 Å². The minimum absolute atomic E-state index is 0.0911. The van der Waals surface area contributed by atoms with E-state index >= 15 is 0 Å². The number of hydrogen-bond acceptors (Lipinski definition) is 8. The van der Waals surface area contributed by atoms with Crippen LogP contribution < -0.4 is 5.32 Å². The van der Waals surface area contributed by atoms with E-state index in [9.17, 15) is 14.9 Å². The molecule has 0 radical (unpaired) electrons. The molecule has 0 aliphatic rings. The van der Waals surface area contributed by atoms with E-state index in [0.717, 1.165) is 23.1 Å². The summed E-state index contributed by atoms with van der Waals surface area (Å²) in [7, 11) is 1.26. The van der Waals surface area contributed by atoms with Crippen LogP contribution in [0.2, 0.25) is 5.28 Å². The number of anilines is 2. The number of nitrogens with zero attached hydrogens (tertiary/aromatic N) is 3. The first-order valence-corrected chi connectivity index (χ1v) is 6.80. The Bertz CT molecular complexity index is 718. The van der Waals surface area contributed by atoms with Crippen LogP contribution >= 0.6 is 22.9 Å². The Hall–Kier alpha value is -2.26. The number of hydrogen-bond donors (Lipinski definition) is 1. The van der Waals surface area contributed by atoms with E-state index in [4.69, 9.17) is 11.6 Å². The van der Waals surface area contributed by atoms with Crippen LogP contribution in [-0.2, 0) is 4.74 Å². The van der Waals surface area contributed by atoms with Gasteiger partial charge in [0.1, 0.15) is 11.1 Å². The highest BCUT2D eigenvalue weighted by Crippen LogP contribution is 2.33. The van der Waals surface area contributed by atoms with Crippen molar-refractivity contribution in [2.75, 3.05) is 12.4 Å². The molecule has 0 fully saturated rings. The number of esters is 1. The van der Waals surface area contributed by atoms with E-state index in [-0.39, 0.29) is 16.8 Å². The quantitative estimate of drug-likeness (QED) is 0.398. The monoisotopic (exact) mass is 328 g/mol. The smallest absolute Gasteiger partial charge is 0.350 e. The highest BCUT2D eigenvalue weighted by molar-refractivity contribution is 7.12. The van der Waals surface area contributed by atoms with Crippen molar-refractivity contribution in [1.29, 1.82) is 0 Å². The molecule has 0 bridgehead atoms. The van der Waals surface area contributed by atoms with Gasteiger partial charge in [0.15, 0.2) is 0 Å². The van der Waals surface area contributed by atoms with Gasteiger partial charge >= 0.3 is 11.7 Å². The number of rotatable bonds is 4. The van der Waals surface area contributed by atoms with Crippen LogP contribution in [-0.4, -0.2) is 28.0 Å². The lowest BCUT2D eigenvalue weighted by molar-refractivity contribution is -0.384. The van der Waals surface area contributed by atoms with Gasteiger partial charge in [-0.05, 0) is 29.5 Å². The van der Waals surface area contributed by atoms with Crippen molar-refractivity contribution in [2.45, 2.75) is 6.92 Å². The fourth-order valence-corrected chi connectivity index (χ4v) is 2.60. The van der Waals surface area contributed by atoms with Gasteiger partial charge in [0, 0.05) is 0 Å². The second kappa shape index (κ2) is 6.02. The average Bonchev–Trinajstić information content (AvgIpc) is 2.79. The van der Waals surface area contributed by atoms with E-state index in [1.54, 1.807) is 12.3 Å². The maximum absolute atomic E-state index is 11.7. The van der Waals surface area contributed by atoms with Crippen molar-refractivity contribution < 1.29 is 14.5 Å². The molecule has 2 aromatic rings. The van der Waals surface area contributed by atoms with Gasteiger partial charge in [-0.25, -0.2) is 9.78 Å². The number of ether oxygens (including phenoxy) is 1. The number of aryl methyl sites for hydroxylation is 1. The fraction of sp³-hybridized carbons (Fsp3) is 0.182. The molecule has 2 rings (SSSR count). The third-order valence-electron chi connectivity index (χ3n) is 2.53. The molecule has 0 spiro atoms. The lowest BCUT2D eigenvalue weighted by atomic mass is 10.2. The summed E-state index contributed by atoms with van der Waals surface area (Å²) in [6.07, 6.45) is 0.997. The van der Waals surface area contributed by atoms with Crippen LogP contribution in [0.25, 0.3) is 0 Å². The SMILES string of the molecule is COC(=O)c1scc(C)c1Nc1nc(Cl)ncc1[N+](=O)[O-]. The minimum Gasteiger partial charge on any atom is -0.465 e. The van der Waals surface area contributed by atoms with E-state index in [2.05, 4.69) is 20.0 Å². The maximum Gasteiger partial charge on any atom is 0.350 e. The van der Waals surface area contributed by atoms with Gasteiger partial charge in [-0.3, -0.25) is 10.1 Å². The summed E-state index contributed by atoms with van der Waals surface area (Å²) < 4.78 is 4.67. The molecule has 8 nitrogen and oxygen atoms in total. The largest absolute Gasteiger partial charge is 0.465 e. The van der Waals surface area contributed by atoms with E-state index < -0.39 is 10.9 Å². The molecule has 1 N–H and O–H groups in total. The molecule has 21 heavy (non-hydrogen) atoms. The summed E-state index contributed by atoms with van der Waals surface area (Å²) in [5, 5.41) is 15.3. The summed E-state index contributed by atoms with van der Waals surface area (Å²) in [6.45, 7) is 1.75. The number of carbonyl (C=O) groups is 1. The zero-order valence-electron chi connectivity index (χ0n) is 10.9. The molecule has 110 valence electrons. The molecule has 10 heteroatoms. The zero-order valence-corrected chi connectivity index (χ0v) is 12.5. The zero-order chi connectivity index (χ0) is 15.6. The van der Waals surface area contributed by atoms with E-state index in [1.807, 2.05) is 0 Å². The Morgan fingerprint density at radius 2 is 2.29 bits per heavy atom. The van der Waals surface area contributed by atoms with E-state index in [0.29, 0.717) is 10.6 Å². The predicted molar refractivity (Wildman–Crippen MR) is 77.4 cm³/mol. The number of nitrogens with one attached hydrogen (secondary N) is 1. The molecular weight excluding hydrogens is 320 g/mol. The average molecular weight is 329 g/mol. The Morgan fingerprint density at radius 3 is 2.90 bits per heavy atom. The number of halogens is 1. The first kappa shape index (κ1) is 15.1. The Morgan fingerprint density at radius 1 is 1.57 bits per heavy atom. The molecule has 0 aliphatic carbocycles. The normalized spacial score (nSPS) is 10.2. The van der Waals surface area contributed by atoms with Gasteiger partial charge in [0.05, 0.1) is 17.7 Å². The van der Waals surface area contributed by atoms with Crippen molar-refractivity contribution in [3.63, 3.8) is 0 Å². The lowest BCUT2D eigenvalue weighted by Gasteiger charge is -2.08. The van der Waals surface area contributed by atoms with Crippen LogP contribution in [0.4, 0.5) is 17.2 Å². The summed E-state index contributed by atoms with van der Waals surface area (Å²) >= 11 is 6.82. The van der Waals surface area contributed by atoms with Gasteiger partial charge in [-0.15, -0.1) is 11.3 Å². The third kappa shape index (κ3) is 3.09. The number of nitro groups is 1. The molecule has 0 saturated heterocycles. The molecule has 0 aliphatic heterocycles. The van der Waals surface area contributed by atoms with Crippen molar-refractivity contribution in [1.82, 2.24) is 9.97 Å². The fourth-order valence-electron chi connectivity index (χ4n) is 1.54. The molecule has 0 atom stereocenters. The number of thiophene rings is 1. The summed E-state index contributed by atoms with van der Waals surface area (Å²) in [4.78, 5) is 29.7. The summed E-state index contributed by atoms with van der Waals surface area (Å²) in [5.74, 6) is -0.634. The molecule has 2 heterocycles. The van der Waals surface area contributed by atoms with Crippen LogP contribution in [0, 0.1) is 17.0 Å². The standard InChI is InChI=1S/C11H9ClN4O4S/c1-5-4-21-8(10(17)20-2)7(5)14-9-6(16(18)19)3-13-11(12)15-9/h3-4H,1-2H3,(H,13,14,15). The van der Waals surface area contributed by atoms with Crippen molar-refractivity contribution in [2.24, 2.45) is 0 Å². The Kier molecular flexibility index (Phi) is 4.34. The molecule has 0 amide bonds. The van der Waals surface area contributed by atoms with Crippen LogP contribution in [0.3, 0.4) is 0 Å². The van der Waals surface area contributed by atoms with Gasteiger partial charge in [0.2, 0.25) is 11.1 Å². The van der Waals surface area contributed by atoms with Gasteiger partial charge in [-0.2, -0.15) is 4.98 Å². The highest BCUT2D eigenvalue weighted by atomic mass is 35.5. The van der Waals surface area contributed by atoms with Crippen LogP contribution in [0.5, 0.6) is 0 Å². The van der Waals surface area contributed by atoms with Gasteiger partial charge in [-0.1, -0.05) is 0 Å². The first-order chi connectivity index (χ1) is 9.93. The Labute approximate surface area is 127 Å². The van der Waals surface area contributed by atoms with E-state index in [1.165, 1.54) is 7.11 Å². The van der Waals surface area contributed by atoms with Gasteiger partial charge < -0.3 is 10.1 Å². The molecule has 0 saturated carbocycles. The van der Waals surface area contributed by atoms with Crippen molar-refractivity contribution in [3.8, 4) is 0 Å². The minimum atomic E-state index is -0.641. The van der Waals surface area contributed by atoms with Crippen molar-refractivity contribution >= 4 is 46.1 Å². The summed E-state index contributed by atoms with van der Waals surface area (Å²) in [6, 6.07) is 0. The Balaban J connectivity index is 2.48. The third-order valence-corrected chi connectivity index (χ3v) is 3.79. The molecule has 2 aromatic heterocycles. The molecular formula is C11H9ClN4O4S. The first-order valence-electron chi connectivity index (χ1n) is 5.54. The molecule has 0 unspecified atom stereocenters. The lowest BCUT2D eigenvalue weighted by Crippen LogP contribution is -2.06. The van der Waals surface area contributed by atoms with Gasteiger partial charge in [0.25, 0.3) is 0 Å². The number of aromatic nitrogens is 2.